The topological polar surface area (TPSA) is 103 Å². The van der Waals surface area contributed by atoms with Gasteiger partial charge in [0.2, 0.25) is 0 Å². The van der Waals surface area contributed by atoms with Gasteiger partial charge in [-0.3, -0.25) is 9.62 Å². The molecule has 1 aromatic heterocycles. The number of anilines is 2. The highest BCUT2D eigenvalue weighted by Gasteiger charge is 2.21. The van der Waals surface area contributed by atoms with Crippen molar-refractivity contribution in [2.45, 2.75) is 31.6 Å². The molecule has 0 aliphatic carbocycles. The first-order chi connectivity index (χ1) is 16.3. The standard InChI is InChI=1S/C25H30N4O4S/c1-3-11-28-12-14-29(15-13-28)24-17-22(25(30)31)21-16-19(7-10-23(21)26-24)27-34(32,33)20-8-5-18(4-2)6-9-20/h5-10,16-17,27H,3-4,11-15H2,1-2H3,(H,30,31). The number of rotatable bonds is 8. The first-order valence-corrected chi connectivity index (χ1v) is 13.1. The molecule has 0 saturated carbocycles. The van der Waals surface area contributed by atoms with E-state index in [0.717, 1.165) is 51.1 Å². The van der Waals surface area contributed by atoms with E-state index in [9.17, 15) is 18.3 Å². The number of piperazine rings is 1. The van der Waals surface area contributed by atoms with Crippen LogP contribution in [0.15, 0.2) is 53.4 Å². The highest BCUT2D eigenvalue weighted by Crippen LogP contribution is 2.28. The SMILES string of the molecule is CCCN1CCN(c2cc(C(=O)O)c3cc(NS(=O)(=O)c4ccc(CC)cc4)ccc3n2)CC1. The minimum absolute atomic E-state index is 0.101. The zero-order valence-electron chi connectivity index (χ0n) is 19.5. The summed E-state index contributed by atoms with van der Waals surface area (Å²) in [5.41, 5.74) is 1.95. The molecule has 0 radical (unpaired) electrons. The lowest BCUT2D eigenvalue weighted by Crippen LogP contribution is -2.46. The lowest BCUT2D eigenvalue weighted by Gasteiger charge is -2.35. The molecule has 1 aliphatic heterocycles. The van der Waals surface area contributed by atoms with Crippen molar-refractivity contribution in [2.24, 2.45) is 0 Å². The number of carbonyl (C=O) groups is 1. The number of aromatic nitrogens is 1. The molecule has 4 rings (SSSR count). The van der Waals surface area contributed by atoms with Crippen LogP contribution in [0.25, 0.3) is 10.9 Å². The van der Waals surface area contributed by atoms with Crippen LogP contribution in [0.3, 0.4) is 0 Å². The number of carboxylic acid groups (broad SMARTS) is 1. The lowest BCUT2D eigenvalue weighted by atomic mass is 10.1. The minimum atomic E-state index is -3.81. The molecule has 3 aromatic rings. The Kier molecular flexibility index (Phi) is 7.04. The number of sulfonamides is 1. The Balaban J connectivity index is 1.62. The molecule has 180 valence electrons. The molecule has 2 aromatic carbocycles. The van der Waals surface area contributed by atoms with E-state index in [1.807, 2.05) is 6.92 Å². The largest absolute Gasteiger partial charge is 0.478 e. The van der Waals surface area contributed by atoms with E-state index >= 15 is 0 Å². The summed E-state index contributed by atoms with van der Waals surface area (Å²) < 4.78 is 28.2. The van der Waals surface area contributed by atoms with Gasteiger partial charge in [0.05, 0.1) is 16.0 Å². The van der Waals surface area contributed by atoms with Gasteiger partial charge in [0.15, 0.2) is 0 Å². The average molecular weight is 483 g/mol. The summed E-state index contributed by atoms with van der Waals surface area (Å²) in [7, 11) is -3.81. The van der Waals surface area contributed by atoms with Crippen LogP contribution in [0.5, 0.6) is 0 Å². The number of nitrogens with zero attached hydrogens (tertiary/aromatic N) is 3. The van der Waals surface area contributed by atoms with Crippen LogP contribution in [0.2, 0.25) is 0 Å². The number of aromatic carboxylic acids is 1. The number of fused-ring (bicyclic) bond motifs is 1. The molecule has 8 nitrogen and oxygen atoms in total. The number of hydrogen-bond donors (Lipinski definition) is 2. The van der Waals surface area contributed by atoms with Gasteiger partial charge in [0.25, 0.3) is 10.0 Å². The molecular formula is C25H30N4O4S. The summed E-state index contributed by atoms with van der Waals surface area (Å²) in [5.74, 6) is -0.446. The highest BCUT2D eigenvalue weighted by molar-refractivity contribution is 7.92. The maximum Gasteiger partial charge on any atom is 0.336 e. The Hall–Kier alpha value is -3.17. The van der Waals surface area contributed by atoms with Crippen LogP contribution < -0.4 is 9.62 Å². The molecule has 1 aliphatic rings. The van der Waals surface area contributed by atoms with E-state index < -0.39 is 16.0 Å². The second-order valence-corrected chi connectivity index (χ2v) is 10.2. The molecule has 34 heavy (non-hydrogen) atoms. The maximum atomic E-state index is 12.8. The summed E-state index contributed by atoms with van der Waals surface area (Å²) in [5, 5.41) is 10.3. The van der Waals surface area contributed by atoms with E-state index in [-0.39, 0.29) is 16.1 Å². The molecular weight excluding hydrogens is 452 g/mol. The monoisotopic (exact) mass is 482 g/mol. The van der Waals surface area contributed by atoms with Gasteiger partial charge >= 0.3 is 5.97 Å². The van der Waals surface area contributed by atoms with Crippen molar-refractivity contribution in [3.63, 3.8) is 0 Å². The van der Waals surface area contributed by atoms with Crippen molar-refractivity contribution in [3.05, 3.63) is 59.7 Å². The van der Waals surface area contributed by atoms with Crippen LogP contribution in [-0.4, -0.2) is 62.1 Å². The fraction of sp³-hybridized carbons (Fsp3) is 0.360. The van der Waals surface area contributed by atoms with Gasteiger partial charge in [-0.25, -0.2) is 18.2 Å². The molecule has 1 fully saturated rings. The van der Waals surface area contributed by atoms with Crippen LogP contribution in [-0.2, 0) is 16.4 Å². The quantitative estimate of drug-likeness (QED) is 0.503. The molecule has 1 saturated heterocycles. The third-order valence-corrected chi connectivity index (χ3v) is 7.55. The van der Waals surface area contributed by atoms with Crippen LogP contribution in [0, 0.1) is 0 Å². The van der Waals surface area contributed by atoms with Crippen LogP contribution >= 0.6 is 0 Å². The van der Waals surface area contributed by atoms with Gasteiger partial charge in [0.1, 0.15) is 5.82 Å². The zero-order chi connectivity index (χ0) is 24.3. The van der Waals surface area contributed by atoms with Crippen molar-refractivity contribution in [1.82, 2.24) is 9.88 Å². The molecule has 2 N–H and O–H groups in total. The van der Waals surface area contributed by atoms with Gasteiger partial charge < -0.3 is 10.0 Å². The van der Waals surface area contributed by atoms with Crippen LogP contribution in [0.1, 0.15) is 36.2 Å². The summed E-state index contributed by atoms with van der Waals surface area (Å²) in [6.45, 7) is 8.61. The van der Waals surface area contributed by atoms with Crippen molar-refractivity contribution in [1.29, 1.82) is 0 Å². The Morgan fingerprint density at radius 1 is 1.03 bits per heavy atom. The normalized spacial score (nSPS) is 14.9. The molecule has 0 atom stereocenters. The number of nitrogens with one attached hydrogen (secondary N) is 1. The van der Waals surface area contributed by atoms with Crippen molar-refractivity contribution in [2.75, 3.05) is 42.3 Å². The molecule has 0 bridgehead atoms. The number of pyridine rings is 1. The molecule has 0 amide bonds. The van der Waals surface area contributed by atoms with Gasteiger partial charge in [0, 0.05) is 37.3 Å². The van der Waals surface area contributed by atoms with E-state index in [2.05, 4.69) is 21.4 Å². The van der Waals surface area contributed by atoms with Gasteiger partial charge in [-0.15, -0.1) is 0 Å². The second-order valence-electron chi connectivity index (χ2n) is 8.50. The summed E-state index contributed by atoms with van der Waals surface area (Å²) in [4.78, 5) is 21.4. The Bertz CT molecular complexity index is 1280. The van der Waals surface area contributed by atoms with Gasteiger partial charge in [-0.05, 0) is 61.3 Å². The zero-order valence-corrected chi connectivity index (χ0v) is 20.3. The van der Waals surface area contributed by atoms with E-state index in [1.54, 1.807) is 42.5 Å². The fourth-order valence-electron chi connectivity index (χ4n) is 4.25. The molecule has 0 spiro atoms. The summed E-state index contributed by atoms with van der Waals surface area (Å²) in [6.07, 6.45) is 1.92. The Labute approximate surface area is 200 Å². The fourth-order valence-corrected chi connectivity index (χ4v) is 5.30. The summed E-state index contributed by atoms with van der Waals surface area (Å²) >= 11 is 0. The number of carboxylic acids is 1. The van der Waals surface area contributed by atoms with Crippen LogP contribution in [0.4, 0.5) is 11.5 Å². The lowest BCUT2D eigenvalue weighted by molar-refractivity contribution is 0.0699. The molecule has 0 unspecified atom stereocenters. The van der Waals surface area contributed by atoms with Crippen molar-refractivity contribution in [3.8, 4) is 0 Å². The molecule has 9 heteroatoms. The van der Waals surface area contributed by atoms with E-state index in [0.29, 0.717) is 16.7 Å². The van der Waals surface area contributed by atoms with Crippen molar-refractivity contribution >= 4 is 38.4 Å². The number of benzene rings is 2. The first-order valence-electron chi connectivity index (χ1n) is 11.6. The predicted octanol–water partition coefficient (Wildman–Crippen LogP) is 3.83. The third kappa shape index (κ3) is 5.15. The smallest absolute Gasteiger partial charge is 0.336 e. The maximum absolute atomic E-state index is 12.8. The Morgan fingerprint density at radius 3 is 2.35 bits per heavy atom. The minimum Gasteiger partial charge on any atom is -0.478 e. The van der Waals surface area contributed by atoms with E-state index in [4.69, 9.17) is 4.98 Å². The van der Waals surface area contributed by atoms with Crippen molar-refractivity contribution < 1.29 is 18.3 Å². The van der Waals surface area contributed by atoms with Gasteiger partial charge in [-0.2, -0.15) is 0 Å². The Morgan fingerprint density at radius 2 is 1.74 bits per heavy atom. The summed E-state index contributed by atoms with van der Waals surface area (Å²) in [6, 6.07) is 13.1. The molecule has 2 heterocycles. The number of aryl methyl sites for hydroxylation is 1. The average Bonchev–Trinajstić information content (AvgIpc) is 2.84. The third-order valence-electron chi connectivity index (χ3n) is 6.16. The predicted molar refractivity (Wildman–Crippen MR) is 134 cm³/mol. The van der Waals surface area contributed by atoms with Gasteiger partial charge in [-0.1, -0.05) is 26.0 Å². The van der Waals surface area contributed by atoms with E-state index in [1.165, 1.54) is 6.07 Å². The highest BCUT2D eigenvalue weighted by atomic mass is 32.2. The second kappa shape index (κ2) is 9.99. The number of hydrogen-bond acceptors (Lipinski definition) is 6. The first kappa shape index (κ1) is 24.0.